The summed E-state index contributed by atoms with van der Waals surface area (Å²) >= 11 is 5.54. The number of rotatable bonds is 4. The van der Waals surface area contributed by atoms with Gasteiger partial charge in [-0.3, -0.25) is 4.79 Å². The standard InChI is InChI=1S/C19H16ClF5N2O3S/c20-15-3-2-13(10-14(15)19(23,24)25)31(29,30)27-7-5-11(6-8-27)18(28)26-12-1-4-16(21)17(22)9-12/h1-4,9-11H,5-8H2,(H,26,28). The van der Waals surface area contributed by atoms with E-state index >= 15 is 0 Å². The maximum Gasteiger partial charge on any atom is 0.417 e. The van der Waals surface area contributed by atoms with E-state index in [1.54, 1.807) is 0 Å². The molecule has 0 radical (unpaired) electrons. The molecule has 0 unspecified atom stereocenters. The van der Waals surface area contributed by atoms with E-state index < -0.39 is 55.1 Å². The molecule has 0 atom stereocenters. The van der Waals surface area contributed by atoms with Crippen LogP contribution in [0.4, 0.5) is 27.6 Å². The van der Waals surface area contributed by atoms with E-state index in [-0.39, 0.29) is 31.6 Å². The third kappa shape index (κ3) is 5.16. The molecule has 1 fully saturated rings. The first kappa shape index (κ1) is 23.4. The van der Waals surface area contributed by atoms with Crippen LogP contribution in [-0.2, 0) is 21.0 Å². The van der Waals surface area contributed by atoms with Gasteiger partial charge in [0.2, 0.25) is 15.9 Å². The minimum absolute atomic E-state index is 0.0554. The number of halogens is 6. The van der Waals surface area contributed by atoms with Crippen LogP contribution in [0.3, 0.4) is 0 Å². The average molecular weight is 483 g/mol. The molecule has 1 aliphatic rings. The fourth-order valence-electron chi connectivity index (χ4n) is 3.21. The molecule has 1 amide bonds. The minimum Gasteiger partial charge on any atom is -0.326 e. The molecular formula is C19H16ClF5N2O3S. The summed E-state index contributed by atoms with van der Waals surface area (Å²) in [7, 11) is -4.23. The molecule has 0 bridgehead atoms. The highest BCUT2D eigenvalue weighted by Crippen LogP contribution is 2.37. The Kier molecular flexibility index (Phi) is 6.59. The molecule has 2 aromatic carbocycles. The van der Waals surface area contributed by atoms with Crippen LogP contribution >= 0.6 is 11.6 Å². The number of nitrogens with one attached hydrogen (secondary N) is 1. The van der Waals surface area contributed by atoms with E-state index in [1.165, 1.54) is 6.07 Å². The smallest absolute Gasteiger partial charge is 0.326 e. The van der Waals surface area contributed by atoms with Crippen molar-refractivity contribution in [2.24, 2.45) is 5.92 Å². The van der Waals surface area contributed by atoms with E-state index in [1.807, 2.05) is 0 Å². The summed E-state index contributed by atoms with van der Waals surface area (Å²) in [5.74, 6) is -3.28. The van der Waals surface area contributed by atoms with E-state index in [4.69, 9.17) is 11.6 Å². The quantitative estimate of drug-likeness (QED) is 0.644. The van der Waals surface area contributed by atoms with Crippen molar-refractivity contribution < 1.29 is 35.2 Å². The van der Waals surface area contributed by atoms with Gasteiger partial charge < -0.3 is 5.32 Å². The highest BCUT2D eigenvalue weighted by Gasteiger charge is 2.37. The first-order valence-electron chi connectivity index (χ1n) is 9.02. The Morgan fingerprint density at radius 1 is 1.03 bits per heavy atom. The molecule has 31 heavy (non-hydrogen) atoms. The molecule has 168 valence electrons. The van der Waals surface area contributed by atoms with E-state index in [0.717, 1.165) is 28.6 Å². The topological polar surface area (TPSA) is 66.5 Å². The summed E-state index contributed by atoms with van der Waals surface area (Å²) in [6, 6.07) is 5.23. The lowest BCUT2D eigenvalue weighted by molar-refractivity contribution is -0.137. The number of alkyl halides is 3. The Morgan fingerprint density at radius 3 is 2.26 bits per heavy atom. The Morgan fingerprint density at radius 2 is 1.68 bits per heavy atom. The van der Waals surface area contributed by atoms with Gasteiger partial charge in [0.1, 0.15) is 0 Å². The van der Waals surface area contributed by atoms with Gasteiger partial charge in [0.05, 0.1) is 15.5 Å². The lowest BCUT2D eigenvalue weighted by Gasteiger charge is -2.30. The van der Waals surface area contributed by atoms with Crippen LogP contribution in [0.1, 0.15) is 18.4 Å². The highest BCUT2D eigenvalue weighted by molar-refractivity contribution is 7.89. The Bertz CT molecular complexity index is 1100. The average Bonchev–Trinajstić information content (AvgIpc) is 2.70. The van der Waals surface area contributed by atoms with Crippen LogP contribution in [0.5, 0.6) is 0 Å². The Balaban J connectivity index is 1.68. The lowest BCUT2D eigenvalue weighted by Crippen LogP contribution is -2.41. The second-order valence-corrected chi connectivity index (χ2v) is 9.28. The number of hydrogen-bond donors (Lipinski definition) is 1. The maximum absolute atomic E-state index is 13.3. The van der Waals surface area contributed by atoms with Crippen molar-refractivity contribution >= 4 is 33.2 Å². The zero-order valence-electron chi connectivity index (χ0n) is 15.7. The number of carbonyl (C=O) groups is 1. The predicted molar refractivity (Wildman–Crippen MR) is 103 cm³/mol. The molecule has 2 aromatic rings. The van der Waals surface area contributed by atoms with E-state index in [9.17, 15) is 35.2 Å². The number of anilines is 1. The summed E-state index contributed by atoms with van der Waals surface area (Å²) in [5, 5.41) is 1.83. The first-order valence-corrected chi connectivity index (χ1v) is 10.8. The fourth-order valence-corrected chi connectivity index (χ4v) is 4.93. The van der Waals surface area contributed by atoms with Gasteiger partial charge in [0.15, 0.2) is 11.6 Å². The molecule has 0 spiro atoms. The number of benzene rings is 2. The molecule has 1 saturated heterocycles. The molecule has 0 aromatic heterocycles. The third-order valence-electron chi connectivity index (χ3n) is 4.89. The number of nitrogens with zero attached hydrogens (tertiary/aromatic N) is 1. The SMILES string of the molecule is O=C(Nc1ccc(F)c(F)c1)C1CCN(S(=O)(=O)c2ccc(Cl)c(C(F)(F)F)c2)CC1. The van der Waals surface area contributed by atoms with Crippen molar-refractivity contribution in [3.8, 4) is 0 Å². The van der Waals surface area contributed by atoms with Crippen molar-refractivity contribution in [3.05, 3.63) is 58.6 Å². The van der Waals surface area contributed by atoms with Gasteiger partial charge in [-0.25, -0.2) is 17.2 Å². The summed E-state index contributed by atoms with van der Waals surface area (Å²) < 4.78 is 91.9. The molecule has 0 saturated carbocycles. The number of amides is 1. The molecule has 1 N–H and O–H groups in total. The Hall–Kier alpha value is -2.24. The summed E-state index contributed by atoms with van der Waals surface area (Å²) in [5.41, 5.74) is -1.20. The number of sulfonamides is 1. The van der Waals surface area contributed by atoms with Crippen LogP contribution in [0, 0.1) is 17.6 Å². The summed E-state index contributed by atoms with van der Waals surface area (Å²) in [6.07, 6.45) is -4.60. The molecular weight excluding hydrogens is 467 g/mol. The predicted octanol–water partition coefficient (Wildman–Crippen LogP) is 4.68. The van der Waals surface area contributed by atoms with Crippen LogP contribution in [0.2, 0.25) is 5.02 Å². The van der Waals surface area contributed by atoms with Gasteiger partial charge in [-0.05, 0) is 43.2 Å². The second kappa shape index (κ2) is 8.71. The monoisotopic (exact) mass is 482 g/mol. The largest absolute Gasteiger partial charge is 0.417 e. The maximum atomic E-state index is 13.3. The summed E-state index contributed by atoms with van der Waals surface area (Å²) in [4.78, 5) is 11.8. The first-order chi connectivity index (χ1) is 14.4. The van der Waals surface area contributed by atoms with Crippen molar-refractivity contribution in [2.45, 2.75) is 23.9 Å². The Labute approximate surface area is 179 Å². The van der Waals surface area contributed by atoms with Gasteiger partial charge in [-0.15, -0.1) is 0 Å². The van der Waals surface area contributed by atoms with Gasteiger partial charge >= 0.3 is 6.18 Å². The zero-order valence-corrected chi connectivity index (χ0v) is 17.3. The van der Waals surface area contributed by atoms with Crippen molar-refractivity contribution in [3.63, 3.8) is 0 Å². The van der Waals surface area contributed by atoms with Gasteiger partial charge in [-0.2, -0.15) is 17.5 Å². The van der Waals surface area contributed by atoms with E-state index in [0.29, 0.717) is 6.07 Å². The van der Waals surface area contributed by atoms with Crippen LogP contribution in [-0.4, -0.2) is 31.7 Å². The molecule has 0 aliphatic carbocycles. The zero-order chi connectivity index (χ0) is 23.0. The fraction of sp³-hybridized carbons (Fsp3) is 0.316. The van der Waals surface area contributed by atoms with Crippen LogP contribution < -0.4 is 5.32 Å². The van der Waals surface area contributed by atoms with Crippen molar-refractivity contribution in [1.82, 2.24) is 4.31 Å². The van der Waals surface area contributed by atoms with Gasteiger partial charge in [0.25, 0.3) is 0 Å². The number of carbonyl (C=O) groups excluding carboxylic acids is 1. The molecule has 1 heterocycles. The molecule has 3 rings (SSSR count). The van der Waals surface area contributed by atoms with Crippen LogP contribution in [0.15, 0.2) is 41.3 Å². The third-order valence-corrected chi connectivity index (χ3v) is 7.12. The lowest BCUT2D eigenvalue weighted by atomic mass is 9.97. The minimum atomic E-state index is -4.81. The molecule has 5 nitrogen and oxygen atoms in total. The van der Waals surface area contributed by atoms with E-state index in [2.05, 4.69) is 5.32 Å². The normalized spacial score (nSPS) is 16.3. The molecule has 1 aliphatic heterocycles. The van der Waals surface area contributed by atoms with Crippen molar-refractivity contribution in [2.75, 3.05) is 18.4 Å². The second-order valence-electron chi connectivity index (χ2n) is 6.94. The number of hydrogen-bond acceptors (Lipinski definition) is 3. The highest BCUT2D eigenvalue weighted by atomic mass is 35.5. The van der Waals surface area contributed by atoms with Crippen molar-refractivity contribution in [1.29, 1.82) is 0 Å². The van der Waals surface area contributed by atoms with Gasteiger partial charge in [-0.1, -0.05) is 11.6 Å². The van der Waals surface area contributed by atoms with Gasteiger partial charge in [0, 0.05) is 30.8 Å². The molecule has 12 heteroatoms. The number of piperidine rings is 1. The summed E-state index contributed by atoms with van der Waals surface area (Å²) in [6.45, 7) is -0.190. The van der Waals surface area contributed by atoms with Crippen LogP contribution in [0.25, 0.3) is 0 Å².